The van der Waals surface area contributed by atoms with E-state index in [0.717, 1.165) is 11.1 Å². The van der Waals surface area contributed by atoms with E-state index >= 15 is 0 Å². The van der Waals surface area contributed by atoms with Crippen LogP contribution in [-0.4, -0.2) is 35.9 Å². The predicted molar refractivity (Wildman–Crippen MR) is 133 cm³/mol. The van der Waals surface area contributed by atoms with Gasteiger partial charge in [-0.1, -0.05) is 60.7 Å². The number of phenolic OH excluding ortho intramolecular Hbond substituents is 2. The number of nitrogens with zero attached hydrogens (tertiary/aromatic N) is 2. The second-order valence-corrected chi connectivity index (χ2v) is 7.40. The molecule has 0 aromatic heterocycles. The van der Waals surface area contributed by atoms with Gasteiger partial charge in [-0.05, 0) is 24.3 Å². The van der Waals surface area contributed by atoms with Crippen LogP contribution in [0, 0.1) is 0 Å². The molecule has 4 rings (SSSR count). The molecule has 0 unspecified atom stereocenters. The van der Waals surface area contributed by atoms with Gasteiger partial charge < -0.3 is 19.7 Å². The van der Waals surface area contributed by atoms with E-state index in [0.29, 0.717) is 34.0 Å². The molecule has 4 aromatic carbocycles. The summed E-state index contributed by atoms with van der Waals surface area (Å²) in [5.74, 6) is 1.10. The maximum atomic E-state index is 10.7. The van der Waals surface area contributed by atoms with Crippen molar-refractivity contribution in [3.8, 4) is 23.0 Å². The molecule has 6 heteroatoms. The first-order chi connectivity index (χ1) is 16.6. The van der Waals surface area contributed by atoms with E-state index in [4.69, 9.17) is 9.47 Å². The SMILES string of the molecule is COc1ccc(C(=NN=C(c2ccccc2)c2ccc(OC)cc2O)c2ccccc2)c(O)c1. The number of methoxy groups -OCH3 is 2. The van der Waals surface area contributed by atoms with Crippen LogP contribution in [0.15, 0.2) is 107 Å². The van der Waals surface area contributed by atoms with Crippen molar-refractivity contribution >= 4 is 11.4 Å². The molecule has 0 bridgehead atoms. The van der Waals surface area contributed by atoms with Gasteiger partial charge in [0.1, 0.15) is 34.4 Å². The lowest BCUT2D eigenvalue weighted by atomic mass is 10.0. The van der Waals surface area contributed by atoms with Gasteiger partial charge in [0.15, 0.2) is 0 Å². The number of hydrogen-bond donors (Lipinski definition) is 2. The van der Waals surface area contributed by atoms with E-state index in [1.165, 1.54) is 12.1 Å². The van der Waals surface area contributed by atoms with Gasteiger partial charge in [-0.15, -0.1) is 10.2 Å². The van der Waals surface area contributed by atoms with E-state index in [1.54, 1.807) is 38.5 Å². The number of hydrogen-bond acceptors (Lipinski definition) is 6. The summed E-state index contributed by atoms with van der Waals surface area (Å²) in [6.07, 6.45) is 0. The lowest BCUT2D eigenvalue weighted by Crippen LogP contribution is -2.07. The third-order valence-corrected chi connectivity index (χ3v) is 5.26. The van der Waals surface area contributed by atoms with Gasteiger partial charge in [0.05, 0.1) is 14.2 Å². The summed E-state index contributed by atoms with van der Waals surface area (Å²) in [5.41, 5.74) is 3.50. The minimum Gasteiger partial charge on any atom is -0.507 e. The Hall–Kier alpha value is -4.58. The summed E-state index contributed by atoms with van der Waals surface area (Å²) < 4.78 is 10.4. The van der Waals surface area contributed by atoms with E-state index in [-0.39, 0.29) is 11.5 Å². The first-order valence-corrected chi connectivity index (χ1v) is 10.6. The summed E-state index contributed by atoms with van der Waals surface area (Å²) in [4.78, 5) is 0. The van der Waals surface area contributed by atoms with Gasteiger partial charge in [0.25, 0.3) is 0 Å². The van der Waals surface area contributed by atoms with Gasteiger partial charge in [0, 0.05) is 34.4 Å². The van der Waals surface area contributed by atoms with Crippen molar-refractivity contribution in [1.29, 1.82) is 0 Å². The maximum Gasteiger partial charge on any atom is 0.128 e. The number of ether oxygens (including phenoxy) is 2. The highest BCUT2D eigenvalue weighted by Crippen LogP contribution is 2.28. The van der Waals surface area contributed by atoms with Crippen LogP contribution in [0.1, 0.15) is 22.3 Å². The molecule has 0 aliphatic carbocycles. The molecule has 0 amide bonds. The van der Waals surface area contributed by atoms with E-state index < -0.39 is 0 Å². The fourth-order valence-corrected chi connectivity index (χ4v) is 3.50. The molecule has 0 spiro atoms. The second kappa shape index (κ2) is 10.4. The predicted octanol–water partition coefficient (Wildman–Crippen LogP) is 5.41. The van der Waals surface area contributed by atoms with Crippen LogP contribution >= 0.6 is 0 Å². The summed E-state index contributed by atoms with van der Waals surface area (Å²) in [6, 6.07) is 29.0. The van der Waals surface area contributed by atoms with Gasteiger partial charge >= 0.3 is 0 Å². The Morgan fingerprint density at radius 1 is 0.559 bits per heavy atom. The van der Waals surface area contributed by atoms with Crippen LogP contribution in [0.5, 0.6) is 23.0 Å². The average Bonchev–Trinajstić information content (AvgIpc) is 2.88. The topological polar surface area (TPSA) is 83.6 Å². The normalized spacial score (nSPS) is 11.8. The van der Waals surface area contributed by atoms with Crippen molar-refractivity contribution in [2.75, 3.05) is 14.2 Å². The fourth-order valence-electron chi connectivity index (χ4n) is 3.50. The van der Waals surface area contributed by atoms with Crippen LogP contribution < -0.4 is 9.47 Å². The van der Waals surface area contributed by atoms with Crippen LogP contribution in [-0.2, 0) is 0 Å². The number of phenols is 2. The molecule has 4 aromatic rings. The Balaban J connectivity index is 1.92. The number of aromatic hydroxyl groups is 2. The molecule has 0 fully saturated rings. The zero-order valence-electron chi connectivity index (χ0n) is 18.8. The van der Waals surface area contributed by atoms with E-state index in [2.05, 4.69) is 10.2 Å². The Kier molecular flexibility index (Phi) is 6.89. The molecule has 0 heterocycles. The molecular weight excluding hydrogens is 428 g/mol. The molecule has 0 saturated carbocycles. The van der Waals surface area contributed by atoms with Crippen LogP contribution in [0.4, 0.5) is 0 Å². The van der Waals surface area contributed by atoms with Crippen molar-refractivity contribution in [2.45, 2.75) is 0 Å². The van der Waals surface area contributed by atoms with E-state index in [9.17, 15) is 10.2 Å². The first-order valence-electron chi connectivity index (χ1n) is 10.6. The minimum absolute atomic E-state index is 0.0192. The summed E-state index contributed by atoms with van der Waals surface area (Å²) in [6.45, 7) is 0. The Labute approximate surface area is 198 Å². The van der Waals surface area contributed by atoms with Gasteiger partial charge in [-0.2, -0.15) is 0 Å². The van der Waals surface area contributed by atoms with Crippen molar-refractivity contribution in [1.82, 2.24) is 0 Å². The molecule has 0 aliphatic heterocycles. The highest BCUT2D eigenvalue weighted by Gasteiger charge is 2.16. The fraction of sp³-hybridized carbons (Fsp3) is 0.0714. The summed E-state index contributed by atoms with van der Waals surface area (Å²) in [5, 5.41) is 30.5. The standard InChI is InChI=1S/C28H24N2O4/c1-33-21-13-15-23(25(31)17-21)27(19-9-5-3-6-10-19)29-30-28(20-11-7-4-8-12-20)24-16-14-22(34-2)18-26(24)32/h3-18,31-32H,1-2H3. The Morgan fingerprint density at radius 3 is 1.26 bits per heavy atom. The van der Waals surface area contributed by atoms with Crippen LogP contribution in [0.3, 0.4) is 0 Å². The number of rotatable bonds is 7. The molecule has 34 heavy (non-hydrogen) atoms. The zero-order valence-corrected chi connectivity index (χ0v) is 18.8. The molecule has 0 atom stereocenters. The zero-order chi connectivity index (χ0) is 23.9. The first kappa shape index (κ1) is 22.6. The van der Waals surface area contributed by atoms with Gasteiger partial charge in [0.2, 0.25) is 0 Å². The highest BCUT2D eigenvalue weighted by molar-refractivity contribution is 6.17. The summed E-state index contributed by atoms with van der Waals surface area (Å²) in [7, 11) is 3.08. The smallest absolute Gasteiger partial charge is 0.128 e. The van der Waals surface area contributed by atoms with E-state index in [1.807, 2.05) is 60.7 Å². The van der Waals surface area contributed by atoms with Crippen molar-refractivity contribution in [3.63, 3.8) is 0 Å². The molecule has 0 aliphatic rings. The van der Waals surface area contributed by atoms with Gasteiger partial charge in [-0.25, -0.2) is 0 Å². The maximum absolute atomic E-state index is 10.7. The van der Waals surface area contributed by atoms with Crippen molar-refractivity contribution in [3.05, 3.63) is 119 Å². The lowest BCUT2D eigenvalue weighted by molar-refractivity contribution is 0.407. The summed E-state index contributed by atoms with van der Waals surface area (Å²) >= 11 is 0. The van der Waals surface area contributed by atoms with Crippen LogP contribution in [0.2, 0.25) is 0 Å². The molecule has 0 saturated heterocycles. The Morgan fingerprint density at radius 2 is 0.941 bits per heavy atom. The van der Waals surface area contributed by atoms with Crippen molar-refractivity contribution in [2.24, 2.45) is 10.2 Å². The molecule has 0 radical (unpaired) electrons. The quantitative estimate of drug-likeness (QED) is 0.290. The minimum atomic E-state index is 0.0192. The van der Waals surface area contributed by atoms with Crippen LogP contribution in [0.25, 0.3) is 0 Å². The average molecular weight is 453 g/mol. The Bertz CT molecular complexity index is 1230. The van der Waals surface area contributed by atoms with Crippen molar-refractivity contribution < 1.29 is 19.7 Å². The number of benzene rings is 4. The molecular formula is C28H24N2O4. The lowest BCUT2D eigenvalue weighted by Gasteiger charge is -2.12. The third-order valence-electron chi connectivity index (χ3n) is 5.26. The van der Waals surface area contributed by atoms with Gasteiger partial charge in [-0.3, -0.25) is 0 Å². The molecule has 6 nitrogen and oxygen atoms in total. The molecule has 170 valence electrons. The largest absolute Gasteiger partial charge is 0.507 e. The third kappa shape index (κ3) is 4.91. The monoisotopic (exact) mass is 452 g/mol. The highest BCUT2D eigenvalue weighted by atomic mass is 16.5. The molecule has 2 N–H and O–H groups in total. The second-order valence-electron chi connectivity index (χ2n) is 7.40.